The highest BCUT2D eigenvalue weighted by Gasteiger charge is 2.42. The Balaban J connectivity index is 1.96. The summed E-state index contributed by atoms with van der Waals surface area (Å²) in [7, 11) is 0. The van der Waals surface area contributed by atoms with Gasteiger partial charge in [0.25, 0.3) is 5.91 Å². The zero-order valence-corrected chi connectivity index (χ0v) is 15.5. The molecule has 1 aliphatic rings. The second kappa shape index (κ2) is 6.65. The molecule has 0 fully saturated rings. The zero-order valence-electron chi connectivity index (χ0n) is 14.7. The number of rotatable bonds is 4. The van der Waals surface area contributed by atoms with Crippen LogP contribution in [-0.2, 0) is 0 Å². The molecule has 0 saturated heterocycles. The maximum atomic E-state index is 13.2. The lowest BCUT2D eigenvalue weighted by atomic mass is 9.98. The van der Waals surface area contributed by atoms with Crippen molar-refractivity contribution in [3.63, 3.8) is 0 Å². The Morgan fingerprint density at radius 1 is 1.08 bits per heavy atom. The van der Waals surface area contributed by atoms with Crippen LogP contribution in [0.5, 0.6) is 0 Å². The molecular weight excluding hydrogens is 346 g/mol. The van der Waals surface area contributed by atoms with Gasteiger partial charge in [-0.2, -0.15) is 0 Å². The molecule has 0 aliphatic carbocycles. The molecular formula is C21H19NO3S. The van der Waals surface area contributed by atoms with Crippen LogP contribution in [-0.4, -0.2) is 23.6 Å². The van der Waals surface area contributed by atoms with Crippen LogP contribution in [0.15, 0.2) is 62.6 Å². The van der Waals surface area contributed by atoms with Crippen LogP contribution >= 0.6 is 11.8 Å². The van der Waals surface area contributed by atoms with Gasteiger partial charge in [-0.25, -0.2) is 0 Å². The molecule has 0 unspecified atom stereocenters. The number of hydrogen-bond donors (Lipinski definition) is 0. The molecule has 1 aliphatic heterocycles. The number of nitrogens with zero attached hydrogens (tertiary/aromatic N) is 1. The van der Waals surface area contributed by atoms with Gasteiger partial charge >= 0.3 is 0 Å². The number of carbonyl (C=O) groups is 1. The van der Waals surface area contributed by atoms with Gasteiger partial charge in [-0.05, 0) is 42.5 Å². The minimum absolute atomic E-state index is 0.118. The average molecular weight is 365 g/mol. The molecule has 1 atom stereocenters. The normalized spacial score (nSPS) is 16.3. The first-order chi connectivity index (χ1) is 12.7. The van der Waals surface area contributed by atoms with Crippen LogP contribution in [0.1, 0.15) is 41.1 Å². The summed E-state index contributed by atoms with van der Waals surface area (Å²) in [5.74, 6) is -0.0234. The van der Waals surface area contributed by atoms with Gasteiger partial charge in [0.05, 0.1) is 17.0 Å². The molecule has 2 heterocycles. The lowest BCUT2D eigenvalue weighted by Crippen LogP contribution is -2.30. The summed E-state index contributed by atoms with van der Waals surface area (Å²) in [4.78, 5) is 29.1. The molecule has 26 heavy (non-hydrogen) atoms. The summed E-state index contributed by atoms with van der Waals surface area (Å²) < 4.78 is 5.88. The monoisotopic (exact) mass is 365 g/mol. The van der Waals surface area contributed by atoms with Crippen molar-refractivity contribution in [2.24, 2.45) is 0 Å². The van der Waals surface area contributed by atoms with E-state index >= 15 is 0 Å². The summed E-state index contributed by atoms with van der Waals surface area (Å²) in [6.45, 7) is 2.60. The van der Waals surface area contributed by atoms with Crippen molar-refractivity contribution in [2.75, 3.05) is 12.8 Å². The van der Waals surface area contributed by atoms with Crippen LogP contribution in [0.4, 0.5) is 0 Å². The Labute approximate surface area is 155 Å². The van der Waals surface area contributed by atoms with E-state index in [1.165, 1.54) is 0 Å². The lowest BCUT2D eigenvalue weighted by molar-refractivity contribution is 0.0728. The van der Waals surface area contributed by atoms with Crippen molar-refractivity contribution in [3.05, 3.63) is 75.6 Å². The van der Waals surface area contributed by atoms with Crippen LogP contribution in [0.25, 0.3) is 11.0 Å². The average Bonchev–Trinajstić information content (AvgIpc) is 2.95. The van der Waals surface area contributed by atoms with Gasteiger partial charge < -0.3 is 9.32 Å². The third kappa shape index (κ3) is 2.54. The fourth-order valence-electron chi connectivity index (χ4n) is 3.57. The van der Waals surface area contributed by atoms with E-state index in [9.17, 15) is 9.59 Å². The molecule has 0 N–H and O–H groups in total. The number of amides is 1. The summed E-state index contributed by atoms with van der Waals surface area (Å²) in [6, 6.07) is 14.7. The number of para-hydroxylation sites is 1. The van der Waals surface area contributed by atoms with Crippen molar-refractivity contribution in [3.8, 4) is 0 Å². The maximum absolute atomic E-state index is 13.2. The third-order valence-electron chi connectivity index (χ3n) is 4.77. The number of benzene rings is 2. The predicted octanol–water partition coefficient (Wildman–Crippen LogP) is 4.47. The topological polar surface area (TPSA) is 50.5 Å². The molecule has 5 heteroatoms. The molecule has 2 aromatic carbocycles. The Morgan fingerprint density at radius 3 is 2.50 bits per heavy atom. The molecule has 0 radical (unpaired) electrons. The molecule has 4 nitrogen and oxygen atoms in total. The second-order valence-electron chi connectivity index (χ2n) is 6.34. The Hall–Kier alpha value is -2.53. The first-order valence-electron chi connectivity index (χ1n) is 8.66. The number of fused-ring (bicyclic) bond motifs is 2. The highest BCUT2D eigenvalue weighted by Crippen LogP contribution is 2.38. The smallest absolute Gasteiger partial charge is 0.290 e. The molecule has 0 spiro atoms. The summed E-state index contributed by atoms with van der Waals surface area (Å²) in [5.41, 5.74) is 1.73. The Morgan fingerprint density at radius 2 is 1.81 bits per heavy atom. The fourth-order valence-corrected chi connectivity index (χ4v) is 3.98. The van der Waals surface area contributed by atoms with E-state index in [1.54, 1.807) is 34.9 Å². The number of hydrogen-bond acceptors (Lipinski definition) is 4. The minimum atomic E-state index is -0.394. The largest absolute Gasteiger partial charge is 0.450 e. The van der Waals surface area contributed by atoms with Crippen molar-refractivity contribution >= 4 is 28.6 Å². The second-order valence-corrected chi connectivity index (χ2v) is 7.22. The molecule has 0 bridgehead atoms. The van der Waals surface area contributed by atoms with Gasteiger partial charge in [-0.15, -0.1) is 11.8 Å². The van der Waals surface area contributed by atoms with Crippen molar-refractivity contribution in [2.45, 2.75) is 24.3 Å². The molecule has 132 valence electrons. The van der Waals surface area contributed by atoms with E-state index in [2.05, 4.69) is 0 Å². The van der Waals surface area contributed by atoms with Crippen molar-refractivity contribution < 1.29 is 9.21 Å². The highest BCUT2D eigenvalue weighted by atomic mass is 32.2. The van der Waals surface area contributed by atoms with Gasteiger partial charge in [0.15, 0.2) is 5.43 Å². The molecule has 0 saturated carbocycles. The molecule has 1 amide bonds. The van der Waals surface area contributed by atoms with Crippen molar-refractivity contribution in [1.29, 1.82) is 0 Å². The van der Waals surface area contributed by atoms with Crippen LogP contribution in [0, 0.1) is 0 Å². The van der Waals surface area contributed by atoms with Gasteiger partial charge in [0.1, 0.15) is 5.58 Å². The van der Waals surface area contributed by atoms with Gasteiger partial charge in [0, 0.05) is 11.4 Å². The highest BCUT2D eigenvalue weighted by molar-refractivity contribution is 7.98. The SMILES string of the molecule is CCCN1C(=O)c2oc3ccccc3c(=O)c2[C@H]1c1ccc(SC)cc1. The standard InChI is InChI=1S/C21H19NO3S/c1-3-12-22-18(13-8-10-14(26-2)11-9-13)17-19(23)15-6-4-5-7-16(15)25-20(17)21(22)24/h4-11,18H,3,12H2,1-2H3/t18-/m1/s1. The van der Waals surface area contributed by atoms with E-state index in [4.69, 9.17) is 4.42 Å². The molecule has 1 aromatic heterocycles. The summed E-state index contributed by atoms with van der Waals surface area (Å²) >= 11 is 1.66. The maximum Gasteiger partial charge on any atom is 0.290 e. The fraction of sp³-hybridized carbons (Fsp3) is 0.238. The minimum Gasteiger partial charge on any atom is -0.450 e. The van der Waals surface area contributed by atoms with Crippen LogP contribution in [0.3, 0.4) is 0 Å². The quantitative estimate of drug-likeness (QED) is 0.640. The third-order valence-corrected chi connectivity index (χ3v) is 5.51. The number of thioether (sulfide) groups is 1. The Bertz CT molecular complexity index is 1040. The van der Waals surface area contributed by atoms with E-state index in [0.717, 1.165) is 16.9 Å². The first-order valence-corrected chi connectivity index (χ1v) is 9.88. The first kappa shape index (κ1) is 16.9. The van der Waals surface area contributed by atoms with Crippen LogP contribution < -0.4 is 5.43 Å². The molecule has 4 rings (SSSR count). The van der Waals surface area contributed by atoms with E-state index in [0.29, 0.717) is 23.1 Å². The van der Waals surface area contributed by atoms with E-state index < -0.39 is 6.04 Å². The van der Waals surface area contributed by atoms with Gasteiger partial charge in [-0.3, -0.25) is 9.59 Å². The van der Waals surface area contributed by atoms with Gasteiger partial charge in [-0.1, -0.05) is 31.2 Å². The van der Waals surface area contributed by atoms with E-state index in [1.807, 2.05) is 43.5 Å². The Kier molecular flexibility index (Phi) is 4.32. The zero-order chi connectivity index (χ0) is 18.3. The number of carbonyl (C=O) groups excluding carboxylic acids is 1. The van der Waals surface area contributed by atoms with Crippen LogP contribution in [0.2, 0.25) is 0 Å². The van der Waals surface area contributed by atoms with Crippen molar-refractivity contribution in [1.82, 2.24) is 4.90 Å². The predicted molar refractivity (Wildman–Crippen MR) is 104 cm³/mol. The summed E-state index contributed by atoms with van der Waals surface area (Å²) in [5, 5.41) is 0.517. The summed E-state index contributed by atoms with van der Waals surface area (Å²) in [6.07, 6.45) is 2.83. The van der Waals surface area contributed by atoms with Gasteiger partial charge in [0.2, 0.25) is 5.76 Å². The van der Waals surface area contributed by atoms with E-state index in [-0.39, 0.29) is 17.1 Å². The molecule has 3 aromatic rings. The lowest BCUT2D eigenvalue weighted by Gasteiger charge is -2.24.